The smallest absolute Gasteiger partial charge is 0.330 e. The van der Waals surface area contributed by atoms with E-state index in [1.165, 1.54) is 0 Å². The molecule has 10 nitrogen and oxygen atoms in total. The first-order valence-corrected chi connectivity index (χ1v) is 8.94. The van der Waals surface area contributed by atoms with Gasteiger partial charge in [0.15, 0.2) is 12.0 Å². The fraction of sp³-hybridized carbons (Fsp3) is 0.706. The van der Waals surface area contributed by atoms with E-state index in [9.17, 15) is 18.8 Å². The van der Waals surface area contributed by atoms with Crippen LogP contribution in [0.5, 0.6) is 0 Å². The maximum absolute atomic E-state index is 13.7. The maximum atomic E-state index is 13.7. The number of fused-ring (bicyclic) bond motifs is 1. The fourth-order valence-corrected chi connectivity index (χ4v) is 3.20. The molecule has 0 bridgehead atoms. The van der Waals surface area contributed by atoms with Gasteiger partial charge in [-0.15, -0.1) is 12.4 Å². The van der Waals surface area contributed by atoms with E-state index in [2.05, 4.69) is 0 Å². The lowest BCUT2D eigenvalue weighted by molar-refractivity contribution is -0.203. The topological polar surface area (TPSA) is 135 Å². The van der Waals surface area contributed by atoms with Gasteiger partial charge in [0.25, 0.3) is 5.56 Å². The third kappa shape index (κ3) is 4.69. The van der Waals surface area contributed by atoms with Crippen LogP contribution >= 0.6 is 12.4 Å². The highest BCUT2D eigenvalue weighted by Gasteiger charge is 2.56. The minimum Gasteiger partial charge on any atom is -0.462 e. The van der Waals surface area contributed by atoms with Gasteiger partial charge in [0.1, 0.15) is 31.0 Å². The number of carbonyl (C=O) groups excluding carboxylic acids is 1. The van der Waals surface area contributed by atoms with Crippen molar-refractivity contribution in [2.75, 3.05) is 6.61 Å². The molecule has 0 saturated carbocycles. The van der Waals surface area contributed by atoms with Crippen LogP contribution in [-0.2, 0) is 23.7 Å². The Morgan fingerprint density at radius 3 is 2.59 bits per heavy atom. The number of aromatic nitrogens is 2. The molecule has 29 heavy (non-hydrogen) atoms. The Balaban J connectivity index is 0.00000300. The first-order valence-electron chi connectivity index (χ1n) is 8.94. The average Bonchev–Trinajstić information content (AvgIpc) is 3.08. The van der Waals surface area contributed by atoms with Gasteiger partial charge in [0.05, 0.1) is 6.20 Å². The molecule has 2 fully saturated rings. The summed E-state index contributed by atoms with van der Waals surface area (Å²) in [5.74, 6) is -2.83. The van der Waals surface area contributed by atoms with Crippen molar-refractivity contribution in [1.29, 1.82) is 0 Å². The van der Waals surface area contributed by atoms with Gasteiger partial charge >= 0.3 is 11.7 Å². The number of nitrogens with two attached hydrogens (primary N) is 1. The number of aromatic amines is 1. The Hall–Kier alpha value is -1.79. The van der Waals surface area contributed by atoms with Crippen LogP contribution in [0.1, 0.15) is 33.9 Å². The summed E-state index contributed by atoms with van der Waals surface area (Å²) >= 11 is 0. The van der Waals surface area contributed by atoms with E-state index < -0.39 is 59.4 Å². The van der Waals surface area contributed by atoms with Crippen molar-refractivity contribution in [3.8, 4) is 0 Å². The SMILES string of the molecule is CC(C)[C@H](N)C(=O)OC[C@H]1O[C@@H](n2cc(F)c(=O)[nH]c2=O)[C@@H]2OC(C)(C)O[C@@H]21.Cl. The Labute approximate surface area is 171 Å². The number of rotatable bonds is 5. The van der Waals surface area contributed by atoms with Crippen LogP contribution in [0.2, 0.25) is 0 Å². The van der Waals surface area contributed by atoms with Crippen molar-refractivity contribution in [2.24, 2.45) is 11.7 Å². The Bertz CT molecular complexity index is 871. The molecule has 1 aromatic heterocycles. The molecule has 12 heteroatoms. The molecule has 3 heterocycles. The van der Waals surface area contributed by atoms with E-state index in [1.54, 1.807) is 27.7 Å². The molecule has 5 atom stereocenters. The molecule has 1 aromatic rings. The highest BCUT2D eigenvalue weighted by atomic mass is 35.5. The number of esters is 1. The number of hydrogen-bond donors (Lipinski definition) is 2. The molecule has 0 unspecified atom stereocenters. The minimum absolute atomic E-state index is 0. The monoisotopic (exact) mass is 437 g/mol. The predicted octanol–water partition coefficient (Wildman–Crippen LogP) is 0.0415. The molecular formula is C17H25ClFN3O7. The maximum Gasteiger partial charge on any atom is 0.330 e. The van der Waals surface area contributed by atoms with E-state index in [0.29, 0.717) is 0 Å². The molecule has 0 radical (unpaired) electrons. The lowest BCUT2D eigenvalue weighted by Crippen LogP contribution is -2.40. The second-order valence-electron chi connectivity index (χ2n) is 7.67. The molecule has 3 rings (SSSR count). The summed E-state index contributed by atoms with van der Waals surface area (Å²) in [7, 11) is 0. The fourth-order valence-electron chi connectivity index (χ4n) is 3.20. The lowest BCUT2D eigenvalue weighted by Gasteiger charge is -2.25. The van der Waals surface area contributed by atoms with Gasteiger partial charge in [-0.2, -0.15) is 4.39 Å². The molecule has 2 aliphatic heterocycles. The van der Waals surface area contributed by atoms with E-state index >= 15 is 0 Å². The van der Waals surface area contributed by atoms with E-state index in [1.807, 2.05) is 4.98 Å². The van der Waals surface area contributed by atoms with E-state index in [4.69, 9.17) is 24.7 Å². The predicted molar refractivity (Wildman–Crippen MR) is 100 cm³/mol. The highest BCUT2D eigenvalue weighted by molar-refractivity contribution is 5.85. The van der Waals surface area contributed by atoms with Gasteiger partial charge in [-0.25, -0.2) is 4.79 Å². The number of hydrogen-bond acceptors (Lipinski definition) is 8. The van der Waals surface area contributed by atoms with Gasteiger partial charge in [-0.05, 0) is 19.8 Å². The molecule has 0 aliphatic carbocycles. The van der Waals surface area contributed by atoms with Crippen molar-refractivity contribution in [1.82, 2.24) is 9.55 Å². The highest BCUT2D eigenvalue weighted by Crippen LogP contribution is 2.42. The van der Waals surface area contributed by atoms with Crippen LogP contribution in [-0.4, -0.2) is 52.3 Å². The van der Waals surface area contributed by atoms with Gasteiger partial charge in [0.2, 0.25) is 5.82 Å². The summed E-state index contributed by atoms with van der Waals surface area (Å²) < 4.78 is 37.2. The van der Waals surface area contributed by atoms with Gasteiger partial charge < -0.3 is 24.7 Å². The van der Waals surface area contributed by atoms with Crippen LogP contribution in [0.3, 0.4) is 0 Å². The molecule has 164 valence electrons. The molecule has 0 spiro atoms. The minimum atomic E-state index is -1.14. The van der Waals surface area contributed by atoms with Crippen molar-refractivity contribution in [3.05, 3.63) is 32.9 Å². The van der Waals surface area contributed by atoms with Crippen molar-refractivity contribution in [3.63, 3.8) is 0 Å². The summed E-state index contributed by atoms with van der Waals surface area (Å²) in [5.41, 5.74) is 3.78. The van der Waals surface area contributed by atoms with Crippen LogP contribution in [0.25, 0.3) is 0 Å². The van der Waals surface area contributed by atoms with Crippen LogP contribution < -0.4 is 17.0 Å². The number of halogens is 2. The normalized spacial score (nSPS) is 28.7. The molecular weight excluding hydrogens is 413 g/mol. The second-order valence-corrected chi connectivity index (χ2v) is 7.67. The molecule has 0 aromatic carbocycles. The summed E-state index contributed by atoms with van der Waals surface area (Å²) in [6.07, 6.45) is -2.55. The molecule has 0 amide bonds. The van der Waals surface area contributed by atoms with Gasteiger partial charge in [-0.1, -0.05) is 13.8 Å². The summed E-state index contributed by atoms with van der Waals surface area (Å²) in [6, 6.07) is -0.791. The first kappa shape index (κ1) is 23.5. The Morgan fingerprint density at radius 2 is 1.97 bits per heavy atom. The number of H-pyrrole nitrogens is 1. The summed E-state index contributed by atoms with van der Waals surface area (Å²) in [5, 5.41) is 0. The van der Waals surface area contributed by atoms with Crippen LogP contribution in [0.15, 0.2) is 15.8 Å². The number of ether oxygens (including phenoxy) is 4. The summed E-state index contributed by atoms with van der Waals surface area (Å²) in [4.78, 5) is 37.3. The van der Waals surface area contributed by atoms with E-state index in [0.717, 1.165) is 10.8 Å². The van der Waals surface area contributed by atoms with Crippen LogP contribution in [0.4, 0.5) is 4.39 Å². The Morgan fingerprint density at radius 1 is 1.34 bits per heavy atom. The lowest BCUT2D eigenvalue weighted by atomic mass is 10.1. The van der Waals surface area contributed by atoms with Crippen molar-refractivity contribution >= 4 is 18.4 Å². The molecule has 2 aliphatic rings. The number of nitrogens with zero attached hydrogens (tertiary/aromatic N) is 1. The first-order chi connectivity index (χ1) is 13.0. The molecule has 3 N–H and O–H groups in total. The average molecular weight is 438 g/mol. The zero-order chi connectivity index (χ0) is 20.8. The van der Waals surface area contributed by atoms with Crippen molar-refractivity contribution < 1.29 is 28.1 Å². The zero-order valence-electron chi connectivity index (χ0n) is 16.4. The standard InChI is InChI=1S/C17H24FN3O7.ClH/c1-7(2)10(19)15(23)25-6-9-11-12(28-17(3,4)27-11)14(26-9)21-5-8(18)13(22)20-16(21)24;/h5,7,9-12,14H,6,19H2,1-4H3,(H,20,22,24);1H/t9-,10+,11-,12-,14-;/m1./s1. The third-order valence-corrected chi connectivity index (χ3v) is 4.70. The third-order valence-electron chi connectivity index (χ3n) is 4.70. The Kier molecular flexibility index (Phi) is 6.90. The van der Waals surface area contributed by atoms with Gasteiger partial charge in [0, 0.05) is 0 Å². The second kappa shape index (κ2) is 8.52. The van der Waals surface area contributed by atoms with Crippen LogP contribution in [0, 0.1) is 11.7 Å². The number of nitrogens with one attached hydrogen (secondary N) is 1. The van der Waals surface area contributed by atoms with Gasteiger partial charge in [-0.3, -0.25) is 19.1 Å². The zero-order valence-corrected chi connectivity index (χ0v) is 17.2. The number of carbonyl (C=O) groups is 1. The van der Waals surface area contributed by atoms with Crippen molar-refractivity contribution in [2.45, 2.75) is 64.1 Å². The van der Waals surface area contributed by atoms with E-state index in [-0.39, 0.29) is 24.9 Å². The molecule has 2 saturated heterocycles. The quantitative estimate of drug-likeness (QED) is 0.616. The largest absolute Gasteiger partial charge is 0.462 e. The summed E-state index contributed by atoms with van der Waals surface area (Å²) in [6.45, 7) is 6.75.